The third-order valence-corrected chi connectivity index (χ3v) is 2.90. The number of aromatic nitrogens is 3. The van der Waals surface area contributed by atoms with Gasteiger partial charge in [-0.25, -0.2) is 9.67 Å². The Morgan fingerprint density at radius 2 is 2.06 bits per heavy atom. The van der Waals surface area contributed by atoms with Gasteiger partial charge in [0.1, 0.15) is 0 Å². The number of fused-ring (bicyclic) bond motifs is 1. The molecule has 0 amide bonds. The third kappa shape index (κ3) is 1.93. The summed E-state index contributed by atoms with van der Waals surface area (Å²) in [5.74, 6) is -0.0411. The Labute approximate surface area is 105 Å². The number of nitrogens with zero attached hydrogens (tertiary/aromatic N) is 3. The molecule has 3 aromatic rings. The molecule has 0 aliphatic rings. The first-order chi connectivity index (χ1) is 8.22. The molecule has 0 fully saturated rings. The van der Waals surface area contributed by atoms with E-state index in [0.29, 0.717) is 5.82 Å². The van der Waals surface area contributed by atoms with E-state index < -0.39 is 5.95 Å². The molecule has 3 nitrogen and oxygen atoms in total. The Balaban J connectivity index is 2.18. The van der Waals surface area contributed by atoms with Crippen LogP contribution in [0.5, 0.6) is 0 Å². The van der Waals surface area contributed by atoms with Gasteiger partial charge in [-0.2, -0.15) is 9.49 Å². The van der Waals surface area contributed by atoms with Gasteiger partial charge in [-0.1, -0.05) is 28.1 Å². The summed E-state index contributed by atoms with van der Waals surface area (Å²) in [5.41, 5.74) is 0.838. The molecule has 17 heavy (non-hydrogen) atoms. The Bertz CT molecular complexity index is 693. The standard InChI is InChI=1S/C12H7BrFN3/c13-9-5-4-8-7-17(16-10(8)6-9)12-3-1-2-11(14)15-12/h1-7H. The summed E-state index contributed by atoms with van der Waals surface area (Å²) < 4.78 is 15.5. The Morgan fingerprint density at radius 1 is 1.18 bits per heavy atom. The lowest BCUT2D eigenvalue weighted by Gasteiger charge is -1.98. The summed E-state index contributed by atoms with van der Waals surface area (Å²) in [5, 5.41) is 5.33. The summed E-state index contributed by atoms with van der Waals surface area (Å²) in [4.78, 5) is 3.78. The topological polar surface area (TPSA) is 30.7 Å². The van der Waals surface area contributed by atoms with Crippen LogP contribution in [0.15, 0.2) is 47.1 Å². The molecular weight excluding hydrogens is 285 g/mol. The van der Waals surface area contributed by atoms with E-state index in [1.54, 1.807) is 16.8 Å². The summed E-state index contributed by atoms with van der Waals surface area (Å²) in [6.07, 6.45) is 1.82. The van der Waals surface area contributed by atoms with Gasteiger partial charge in [-0.3, -0.25) is 0 Å². The minimum Gasteiger partial charge on any atom is -0.221 e. The van der Waals surface area contributed by atoms with Crippen LogP contribution in [0.2, 0.25) is 0 Å². The van der Waals surface area contributed by atoms with Gasteiger partial charge in [0.2, 0.25) is 5.95 Å². The van der Waals surface area contributed by atoms with Crippen LogP contribution in [0.3, 0.4) is 0 Å². The minimum absolute atomic E-state index is 0.470. The summed E-state index contributed by atoms with van der Waals surface area (Å²) >= 11 is 3.38. The molecule has 0 aliphatic carbocycles. The molecule has 0 N–H and O–H groups in total. The van der Waals surface area contributed by atoms with E-state index in [-0.39, 0.29) is 0 Å². The predicted molar refractivity (Wildman–Crippen MR) is 66.5 cm³/mol. The quantitative estimate of drug-likeness (QED) is 0.644. The fourth-order valence-electron chi connectivity index (χ4n) is 1.63. The highest BCUT2D eigenvalue weighted by atomic mass is 79.9. The predicted octanol–water partition coefficient (Wildman–Crippen LogP) is 3.32. The number of halogens is 2. The second-order valence-corrected chi connectivity index (χ2v) is 4.51. The third-order valence-electron chi connectivity index (χ3n) is 2.40. The van der Waals surface area contributed by atoms with Crippen molar-refractivity contribution >= 4 is 26.8 Å². The van der Waals surface area contributed by atoms with Crippen molar-refractivity contribution < 1.29 is 4.39 Å². The second-order valence-electron chi connectivity index (χ2n) is 3.60. The average molecular weight is 292 g/mol. The molecule has 2 aromatic heterocycles. The van der Waals surface area contributed by atoms with Crippen LogP contribution in [-0.2, 0) is 0 Å². The van der Waals surface area contributed by atoms with E-state index in [2.05, 4.69) is 26.0 Å². The maximum absolute atomic E-state index is 13.0. The van der Waals surface area contributed by atoms with Crippen LogP contribution in [0.4, 0.5) is 4.39 Å². The highest BCUT2D eigenvalue weighted by Crippen LogP contribution is 2.19. The van der Waals surface area contributed by atoms with Crippen molar-refractivity contribution in [2.45, 2.75) is 0 Å². The Hall–Kier alpha value is -1.75. The zero-order valence-electron chi connectivity index (χ0n) is 8.64. The molecule has 1 aromatic carbocycles. The normalized spacial score (nSPS) is 10.9. The fourth-order valence-corrected chi connectivity index (χ4v) is 1.98. The van der Waals surface area contributed by atoms with Crippen LogP contribution >= 0.6 is 15.9 Å². The lowest BCUT2D eigenvalue weighted by molar-refractivity contribution is 0.578. The molecule has 0 spiro atoms. The Kier molecular flexibility index (Phi) is 2.40. The summed E-state index contributed by atoms with van der Waals surface area (Å²) in [7, 11) is 0. The zero-order chi connectivity index (χ0) is 11.8. The van der Waals surface area contributed by atoms with Gasteiger partial charge in [0, 0.05) is 16.1 Å². The van der Waals surface area contributed by atoms with E-state index >= 15 is 0 Å². The average Bonchev–Trinajstić information content (AvgIpc) is 2.72. The molecule has 0 saturated carbocycles. The molecule has 5 heteroatoms. The summed E-state index contributed by atoms with van der Waals surface area (Å²) in [6, 6.07) is 10.4. The van der Waals surface area contributed by atoms with Gasteiger partial charge in [0.25, 0.3) is 0 Å². The second kappa shape index (κ2) is 3.92. The van der Waals surface area contributed by atoms with Gasteiger partial charge in [0.15, 0.2) is 5.82 Å². The van der Waals surface area contributed by atoms with Crippen LogP contribution in [0, 0.1) is 5.95 Å². The van der Waals surface area contributed by atoms with Gasteiger partial charge in [-0.05, 0) is 24.3 Å². The molecule has 0 unspecified atom stereocenters. The fraction of sp³-hybridized carbons (Fsp3) is 0. The van der Waals surface area contributed by atoms with Crippen molar-refractivity contribution in [3.63, 3.8) is 0 Å². The molecular formula is C12H7BrFN3. The molecule has 0 bridgehead atoms. The first-order valence-electron chi connectivity index (χ1n) is 5.00. The number of hydrogen-bond acceptors (Lipinski definition) is 2. The van der Waals surface area contributed by atoms with E-state index in [0.717, 1.165) is 15.4 Å². The number of pyridine rings is 1. The monoisotopic (exact) mass is 291 g/mol. The highest BCUT2D eigenvalue weighted by molar-refractivity contribution is 9.10. The molecule has 0 atom stereocenters. The van der Waals surface area contributed by atoms with Crippen LogP contribution in [-0.4, -0.2) is 14.8 Å². The van der Waals surface area contributed by atoms with Gasteiger partial charge >= 0.3 is 0 Å². The van der Waals surface area contributed by atoms with Gasteiger partial charge in [-0.15, -0.1) is 0 Å². The first-order valence-corrected chi connectivity index (χ1v) is 5.79. The van der Waals surface area contributed by atoms with Gasteiger partial charge < -0.3 is 0 Å². The van der Waals surface area contributed by atoms with Gasteiger partial charge in [0.05, 0.1) is 5.52 Å². The maximum Gasteiger partial charge on any atom is 0.214 e. The van der Waals surface area contributed by atoms with E-state index in [1.165, 1.54) is 6.07 Å². The maximum atomic E-state index is 13.0. The number of hydrogen-bond donors (Lipinski definition) is 0. The summed E-state index contributed by atoms with van der Waals surface area (Å²) in [6.45, 7) is 0. The molecule has 2 heterocycles. The van der Waals surface area contributed by atoms with Crippen molar-refractivity contribution in [2.75, 3.05) is 0 Å². The minimum atomic E-state index is -0.511. The van der Waals surface area contributed by atoms with Crippen molar-refractivity contribution in [3.8, 4) is 5.82 Å². The molecule has 0 aliphatic heterocycles. The van der Waals surface area contributed by atoms with Crippen LogP contribution in [0.1, 0.15) is 0 Å². The molecule has 0 saturated heterocycles. The largest absolute Gasteiger partial charge is 0.221 e. The smallest absolute Gasteiger partial charge is 0.214 e. The number of rotatable bonds is 1. The van der Waals surface area contributed by atoms with Crippen molar-refractivity contribution in [1.82, 2.24) is 14.8 Å². The lowest BCUT2D eigenvalue weighted by atomic mass is 10.3. The lowest BCUT2D eigenvalue weighted by Crippen LogP contribution is -1.98. The van der Waals surface area contributed by atoms with Crippen molar-refractivity contribution in [1.29, 1.82) is 0 Å². The van der Waals surface area contributed by atoms with E-state index in [1.807, 2.05) is 24.4 Å². The molecule has 84 valence electrons. The number of benzene rings is 1. The van der Waals surface area contributed by atoms with E-state index in [4.69, 9.17) is 0 Å². The Morgan fingerprint density at radius 3 is 2.88 bits per heavy atom. The first kappa shape index (κ1) is 10.4. The SMILES string of the molecule is Fc1cccc(-n2cc3ccc(Br)cc3n2)n1. The van der Waals surface area contributed by atoms with Crippen LogP contribution < -0.4 is 0 Å². The molecule has 0 radical (unpaired) electrons. The van der Waals surface area contributed by atoms with Crippen molar-refractivity contribution in [3.05, 3.63) is 53.0 Å². The zero-order valence-corrected chi connectivity index (χ0v) is 10.2. The highest BCUT2D eigenvalue weighted by Gasteiger charge is 2.04. The van der Waals surface area contributed by atoms with Crippen molar-refractivity contribution in [2.24, 2.45) is 0 Å². The molecule has 3 rings (SSSR count). The van der Waals surface area contributed by atoms with Crippen LogP contribution in [0.25, 0.3) is 16.7 Å². The van der Waals surface area contributed by atoms with E-state index in [9.17, 15) is 4.39 Å².